The van der Waals surface area contributed by atoms with E-state index in [1.807, 2.05) is 0 Å². The van der Waals surface area contributed by atoms with E-state index < -0.39 is 0 Å². The van der Waals surface area contributed by atoms with Crippen molar-refractivity contribution in [2.24, 2.45) is 5.41 Å². The van der Waals surface area contributed by atoms with Crippen LogP contribution in [-0.4, -0.2) is 30.4 Å². The molecule has 1 saturated heterocycles. The van der Waals surface area contributed by atoms with Crippen LogP contribution in [-0.2, 0) is 4.79 Å². The molecule has 1 aliphatic heterocycles. The standard InChI is InChI=1S/C16H24ClN3O/c1-16(2)6-3-8-20(9-7-16)11-15(21)19-12-4-5-13(17)14(18)10-12/h4-5,10H,3,6-9,11,18H2,1-2H3,(H,19,21). The van der Waals surface area contributed by atoms with Gasteiger partial charge in [-0.15, -0.1) is 0 Å². The van der Waals surface area contributed by atoms with Crippen molar-refractivity contribution in [3.05, 3.63) is 23.2 Å². The van der Waals surface area contributed by atoms with Crippen LogP contribution in [0.5, 0.6) is 0 Å². The molecular formula is C16H24ClN3O. The van der Waals surface area contributed by atoms with Crippen molar-refractivity contribution in [3.8, 4) is 0 Å². The first kappa shape index (κ1) is 16.1. The Morgan fingerprint density at radius 1 is 1.38 bits per heavy atom. The highest BCUT2D eigenvalue weighted by Crippen LogP contribution is 2.29. The zero-order valence-corrected chi connectivity index (χ0v) is 13.5. The molecule has 0 radical (unpaired) electrons. The number of anilines is 2. The maximum absolute atomic E-state index is 12.1. The molecule has 0 unspecified atom stereocenters. The highest BCUT2D eigenvalue weighted by Gasteiger charge is 2.23. The molecule has 1 amide bonds. The molecule has 0 aromatic heterocycles. The van der Waals surface area contributed by atoms with Crippen LogP contribution in [0, 0.1) is 5.41 Å². The number of nitrogens with two attached hydrogens (primary N) is 1. The lowest BCUT2D eigenvalue weighted by Crippen LogP contribution is -2.34. The first-order valence-corrected chi connectivity index (χ1v) is 7.81. The lowest BCUT2D eigenvalue weighted by Gasteiger charge is -2.23. The third-order valence-electron chi connectivity index (χ3n) is 4.08. The van der Waals surface area contributed by atoms with E-state index in [4.69, 9.17) is 17.3 Å². The van der Waals surface area contributed by atoms with Gasteiger partial charge in [0.15, 0.2) is 0 Å². The number of carbonyl (C=O) groups excluding carboxylic acids is 1. The number of nitrogens with zero attached hydrogens (tertiary/aromatic N) is 1. The molecule has 1 heterocycles. The van der Waals surface area contributed by atoms with Gasteiger partial charge in [0.1, 0.15) is 0 Å². The Hall–Kier alpha value is -1.26. The molecule has 1 aromatic carbocycles. The van der Waals surface area contributed by atoms with Crippen LogP contribution in [0.2, 0.25) is 5.02 Å². The van der Waals surface area contributed by atoms with E-state index in [1.165, 1.54) is 6.42 Å². The van der Waals surface area contributed by atoms with E-state index in [1.54, 1.807) is 18.2 Å². The molecule has 1 fully saturated rings. The molecule has 1 aliphatic rings. The van der Waals surface area contributed by atoms with Crippen molar-refractivity contribution in [1.29, 1.82) is 0 Å². The van der Waals surface area contributed by atoms with Gasteiger partial charge in [-0.3, -0.25) is 9.69 Å². The normalized spacial score (nSPS) is 19.0. The molecule has 0 aliphatic carbocycles. The van der Waals surface area contributed by atoms with E-state index in [0.29, 0.717) is 28.4 Å². The molecule has 0 saturated carbocycles. The van der Waals surface area contributed by atoms with Crippen molar-refractivity contribution < 1.29 is 4.79 Å². The quantitative estimate of drug-likeness (QED) is 0.842. The number of benzene rings is 1. The smallest absolute Gasteiger partial charge is 0.238 e. The number of halogens is 1. The molecular weight excluding hydrogens is 286 g/mol. The van der Waals surface area contributed by atoms with E-state index >= 15 is 0 Å². The van der Waals surface area contributed by atoms with E-state index in [9.17, 15) is 4.79 Å². The van der Waals surface area contributed by atoms with Gasteiger partial charge in [0, 0.05) is 5.69 Å². The molecule has 3 N–H and O–H groups in total. The molecule has 4 nitrogen and oxygen atoms in total. The van der Waals surface area contributed by atoms with Crippen molar-refractivity contribution in [2.45, 2.75) is 33.1 Å². The third-order valence-corrected chi connectivity index (χ3v) is 4.42. The first-order chi connectivity index (χ1) is 9.85. The summed E-state index contributed by atoms with van der Waals surface area (Å²) < 4.78 is 0. The maximum Gasteiger partial charge on any atom is 0.238 e. The van der Waals surface area contributed by atoms with Crippen molar-refractivity contribution >= 4 is 28.9 Å². The molecule has 1 aromatic rings. The van der Waals surface area contributed by atoms with Gasteiger partial charge in [-0.05, 0) is 56.0 Å². The largest absolute Gasteiger partial charge is 0.397 e. The SMILES string of the molecule is CC1(C)CCCN(CC(=O)Nc2ccc(Cl)c(N)c2)CC1. The number of nitrogen functional groups attached to an aromatic ring is 1. The Bertz CT molecular complexity index is 516. The second-order valence-electron chi connectivity index (χ2n) is 6.58. The Kier molecular flexibility index (Phi) is 5.12. The molecule has 116 valence electrons. The minimum absolute atomic E-state index is 0.00331. The molecule has 0 bridgehead atoms. The second kappa shape index (κ2) is 6.67. The van der Waals surface area contributed by atoms with Gasteiger partial charge in [0.05, 0.1) is 17.3 Å². The minimum Gasteiger partial charge on any atom is -0.397 e. The van der Waals surface area contributed by atoms with Crippen molar-refractivity contribution in [1.82, 2.24) is 4.90 Å². The van der Waals surface area contributed by atoms with Gasteiger partial charge in [0.2, 0.25) is 5.91 Å². The van der Waals surface area contributed by atoms with Gasteiger partial charge in [-0.2, -0.15) is 0 Å². The monoisotopic (exact) mass is 309 g/mol. The zero-order valence-electron chi connectivity index (χ0n) is 12.8. The highest BCUT2D eigenvalue weighted by atomic mass is 35.5. The Morgan fingerprint density at radius 2 is 2.14 bits per heavy atom. The van der Waals surface area contributed by atoms with Crippen molar-refractivity contribution in [3.63, 3.8) is 0 Å². The zero-order chi connectivity index (χ0) is 15.5. The Labute approximate surface area is 131 Å². The van der Waals surface area contributed by atoms with Crippen LogP contribution < -0.4 is 11.1 Å². The number of rotatable bonds is 3. The number of likely N-dealkylation sites (tertiary alicyclic amines) is 1. The fourth-order valence-corrected chi connectivity index (χ4v) is 2.78. The lowest BCUT2D eigenvalue weighted by atomic mass is 9.85. The van der Waals surface area contributed by atoms with Gasteiger partial charge < -0.3 is 11.1 Å². The number of hydrogen-bond acceptors (Lipinski definition) is 3. The summed E-state index contributed by atoms with van der Waals surface area (Å²) in [5.41, 5.74) is 7.29. The summed E-state index contributed by atoms with van der Waals surface area (Å²) in [5, 5.41) is 3.38. The molecule has 0 spiro atoms. The Morgan fingerprint density at radius 3 is 2.86 bits per heavy atom. The van der Waals surface area contributed by atoms with Crippen LogP contribution in [0.15, 0.2) is 18.2 Å². The average Bonchev–Trinajstić information content (AvgIpc) is 2.55. The first-order valence-electron chi connectivity index (χ1n) is 7.43. The summed E-state index contributed by atoms with van der Waals surface area (Å²) in [6.45, 7) is 6.99. The third kappa shape index (κ3) is 4.90. The number of carbonyl (C=O) groups is 1. The fourth-order valence-electron chi connectivity index (χ4n) is 2.66. The average molecular weight is 310 g/mol. The van der Waals surface area contributed by atoms with E-state index in [2.05, 4.69) is 24.1 Å². The molecule has 21 heavy (non-hydrogen) atoms. The highest BCUT2D eigenvalue weighted by molar-refractivity contribution is 6.33. The van der Waals surface area contributed by atoms with Gasteiger partial charge >= 0.3 is 0 Å². The Balaban J connectivity index is 1.88. The van der Waals surface area contributed by atoms with E-state index in [-0.39, 0.29) is 5.91 Å². The number of hydrogen-bond donors (Lipinski definition) is 2. The molecule has 2 rings (SSSR count). The predicted octanol–water partition coefficient (Wildman–Crippen LogP) is 3.37. The summed E-state index contributed by atoms with van der Waals surface area (Å²) >= 11 is 5.87. The summed E-state index contributed by atoms with van der Waals surface area (Å²) in [7, 11) is 0. The van der Waals surface area contributed by atoms with Crippen LogP contribution in [0.4, 0.5) is 11.4 Å². The minimum atomic E-state index is -0.00331. The van der Waals surface area contributed by atoms with Crippen LogP contribution >= 0.6 is 11.6 Å². The van der Waals surface area contributed by atoms with Gasteiger partial charge in [-0.1, -0.05) is 25.4 Å². The van der Waals surface area contributed by atoms with E-state index in [0.717, 1.165) is 25.9 Å². The number of amides is 1. The van der Waals surface area contributed by atoms with Crippen LogP contribution in [0.25, 0.3) is 0 Å². The fraction of sp³-hybridized carbons (Fsp3) is 0.562. The summed E-state index contributed by atoms with van der Waals surface area (Å²) in [4.78, 5) is 14.3. The maximum atomic E-state index is 12.1. The lowest BCUT2D eigenvalue weighted by molar-refractivity contribution is -0.117. The topological polar surface area (TPSA) is 58.4 Å². The van der Waals surface area contributed by atoms with Crippen LogP contribution in [0.3, 0.4) is 0 Å². The summed E-state index contributed by atoms with van der Waals surface area (Å²) in [5.74, 6) is -0.00331. The van der Waals surface area contributed by atoms with Crippen LogP contribution in [0.1, 0.15) is 33.1 Å². The second-order valence-corrected chi connectivity index (χ2v) is 6.99. The number of nitrogens with one attached hydrogen (secondary N) is 1. The summed E-state index contributed by atoms with van der Waals surface area (Å²) in [6.07, 6.45) is 3.50. The van der Waals surface area contributed by atoms with Gasteiger partial charge in [-0.25, -0.2) is 0 Å². The predicted molar refractivity (Wildman–Crippen MR) is 88.6 cm³/mol. The summed E-state index contributed by atoms with van der Waals surface area (Å²) in [6, 6.07) is 5.15. The molecule has 0 atom stereocenters. The molecule has 5 heteroatoms. The van der Waals surface area contributed by atoms with Crippen molar-refractivity contribution in [2.75, 3.05) is 30.7 Å². The van der Waals surface area contributed by atoms with Gasteiger partial charge in [0.25, 0.3) is 0 Å².